The molecule has 1 atom stereocenters. The molecule has 1 aliphatic heterocycles. The molecule has 0 spiro atoms. The Morgan fingerprint density at radius 1 is 1.27 bits per heavy atom. The molecule has 6 nitrogen and oxygen atoms in total. The van der Waals surface area contributed by atoms with Crippen molar-refractivity contribution in [1.82, 2.24) is 0 Å². The van der Waals surface area contributed by atoms with Gasteiger partial charge in [-0.3, -0.25) is 4.79 Å². The molecule has 0 radical (unpaired) electrons. The maximum atomic E-state index is 12.3. The molecule has 1 amide bonds. The first-order valence-corrected chi connectivity index (χ1v) is 8.27. The molecule has 0 aliphatic carbocycles. The molecule has 0 fully saturated rings. The van der Waals surface area contributed by atoms with Gasteiger partial charge in [-0.2, -0.15) is 5.26 Å². The highest BCUT2D eigenvalue weighted by Gasteiger charge is 2.24. The number of hydrogen-bond donors (Lipinski definition) is 1. The van der Waals surface area contributed by atoms with Crippen molar-refractivity contribution in [2.45, 2.75) is 18.9 Å². The lowest BCUT2D eigenvalue weighted by Gasteiger charge is -2.27. The number of rotatable bonds is 4. The summed E-state index contributed by atoms with van der Waals surface area (Å²) in [7, 11) is 3.09. The SMILES string of the molecule is COC(=O)[C@@H](Nc1ccc2c(c1)CCC(=O)N2C)c1cccc(C#N)c1. The first kappa shape index (κ1) is 17.5. The molecule has 0 unspecified atom stereocenters. The highest BCUT2D eigenvalue weighted by Crippen LogP contribution is 2.31. The standard InChI is InChI=1S/C20H19N3O3/c1-23-17-8-7-16(11-14(17)6-9-18(23)24)22-19(20(25)26-2)15-5-3-4-13(10-15)12-21/h3-5,7-8,10-11,19,22H,6,9H2,1-2H3/t19-/m0/s1. The van der Waals surface area contributed by atoms with Crippen molar-refractivity contribution in [2.75, 3.05) is 24.4 Å². The van der Waals surface area contributed by atoms with Gasteiger partial charge in [0.25, 0.3) is 0 Å². The number of ether oxygens (including phenoxy) is 1. The van der Waals surface area contributed by atoms with Crippen molar-refractivity contribution in [2.24, 2.45) is 0 Å². The number of nitrogens with zero attached hydrogens (tertiary/aromatic N) is 2. The third-order valence-electron chi connectivity index (χ3n) is 4.52. The molecule has 6 heteroatoms. The van der Waals surface area contributed by atoms with Crippen molar-refractivity contribution in [3.63, 3.8) is 0 Å². The third-order valence-corrected chi connectivity index (χ3v) is 4.52. The Bertz CT molecular complexity index is 901. The van der Waals surface area contributed by atoms with Gasteiger partial charge in [0.15, 0.2) is 6.04 Å². The van der Waals surface area contributed by atoms with E-state index in [0.717, 1.165) is 16.9 Å². The lowest BCUT2D eigenvalue weighted by molar-refractivity contribution is -0.141. The maximum Gasteiger partial charge on any atom is 0.332 e. The summed E-state index contributed by atoms with van der Waals surface area (Å²) in [4.78, 5) is 25.7. The van der Waals surface area contributed by atoms with E-state index in [-0.39, 0.29) is 5.91 Å². The van der Waals surface area contributed by atoms with E-state index in [4.69, 9.17) is 10.00 Å². The van der Waals surface area contributed by atoms with E-state index in [1.165, 1.54) is 7.11 Å². The van der Waals surface area contributed by atoms with E-state index in [1.807, 2.05) is 18.2 Å². The molecule has 1 N–H and O–H groups in total. The van der Waals surface area contributed by atoms with Gasteiger partial charge in [-0.25, -0.2) is 4.79 Å². The van der Waals surface area contributed by atoms with Crippen molar-refractivity contribution in [3.05, 3.63) is 59.2 Å². The van der Waals surface area contributed by atoms with Gasteiger partial charge >= 0.3 is 5.97 Å². The van der Waals surface area contributed by atoms with Gasteiger partial charge in [-0.1, -0.05) is 12.1 Å². The fourth-order valence-corrected chi connectivity index (χ4v) is 3.10. The molecule has 0 saturated carbocycles. The second-order valence-electron chi connectivity index (χ2n) is 6.13. The number of nitriles is 1. The van der Waals surface area contributed by atoms with Crippen LogP contribution in [0.4, 0.5) is 11.4 Å². The fourth-order valence-electron chi connectivity index (χ4n) is 3.10. The predicted octanol–water partition coefficient (Wildman–Crippen LogP) is 2.79. The summed E-state index contributed by atoms with van der Waals surface area (Å²) < 4.78 is 4.92. The first-order valence-electron chi connectivity index (χ1n) is 8.27. The van der Waals surface area contributed by atoms with Crippen LogP contribution in [-0.2, 0) is 20.7 Å². The summed E-state index contributed by atoms with van der Waals surface area (Å²) in [5.74, 6) is -0.343. The van der Waals surface area contributed by atoms with Gasteiger partial charge in [0, 0.05) is 24.8 Å². The monoisotopic (exact) mass is 349 g/mol. The maximum absolute atomic E-state index is 12.3. The van der Waals surface area contributed by atoms with Gasteiger partial charge in [-0.05, 0) is 47.9 Å². The second kappa shape index (κ2) is 7.28. The number of anilines is 2. The Labute approximate surface area is 152 Å². The average Bonchev–Trinajstić information content (AvgIpc) is 2.68. The number of benzene rings is 2. The third kappa shape index (κ3) is 3.38. The van der Waals surface area contributed by atoms with E-state index in [2.05, 4.69) is 11.4 Å². The Morgan fingerprint density at radius 3 is 2.81 bits per heavy atom. The van der Waals surface area contributed by atoms with Crippen LogP contribution in [0.2, 0.25) is 0 Å². The minimum atomic E-state index is -0.727. The van der Waals surface area contributed by atoms with Crippen LogP contribution in [0.25, 0.3) is 0 Å². The lowest BCUT2D eigenvalue weighted by Crippen LogP contribution is -2.31. The summed E-state index contributed by atoms with van der Waals surface area (Å²) >= 11 is 0. The largest absolute Gasteiger partial charge is 0.467 e. The molecule has 132 valence electrons. The van der Waals surface area contributed by atoms with Crippen LogP contribution >= 0.6 is 0 Å². The summed E-state index contributed by atoms with van der Waals surface area (Å²) in [6.45, 7) is 0. The van der Waals surface area contributed by atoms with Gasteiger partial charge in [0.2, 0.25) is 5.91 Å². The van der Waals surface area contributed by atoms with Gasteiger partial charge in [0.05, 0.1) is 18.7 Å². The molecule has 2 aromatic rings. The Balaban J connectivity index is 1.92. The number of fused-ring (bicyclic) bond motifs is 1. The quantitative estimate of drug-likeness (QED) is 0.858. The number of methoxy groups -OCH3 is 1. The highest BCUT2D eigenvalue weighted by atomic mass is 16.5. The number of hydrogen-bond acceptors (Lipinski definition) is 5. The number of carbonyl (C=O) groups excluding carboxylic acids is 2. The lowest BCUT2D eigenvalue weighted by atomic mass is 10.00. The number of amides is 1. The molecular formula is C20H19N3O3. The number of aryl methyl sites for hydroxylation is 1. The van der Waals surface area contributed by atoms with E-state index in [0.29, 0.717) is 24.0 Å². The van der Waals surface area contributed by atoms with E-state index in [9.17, 15) is 9.59 Å². The summed E-state index contributed by atoms with van der Waals surface area (Å²) in [5, 5.41) is 12.3. The van der Waals surface area contributed by atoms with Crippen LogP contribution in [0.1, 0.15) is 29.2 Å². The first-order chi connectivity index (χ1) is 12.5. The molecule has 0 bridgehead atoms. The molecule has 26 heavy (non-hydrogen) atoms. The minimum absolute atomic E-state index is 0.0963. The summed E-state index contributed by atoms with van der Waals surface area (Å²) in [6.07, 6.45) is 1.14. The topological polar surface area (TPSA) is 82.4 Å². The smallest absolute Gasteiger partial charge is 0.332 e. The van der Waals surface area contributed by atoms with Crippen molar-refractivity contribution in [3.8, 4) is 6.07 Å². The van der Waals surface area contributed by atoms with Crippen LogP contribution < -0.4 is 10.2 Å². The van der Waals surface area contributed by atoms with Crippen molar-refractivity contribution >= 4 is 23.3 Å². The molecule has 1 heterocycles. The summed E-state index contributed by atoms with van der Waals surface area (Å²) in [6, 6.07) is 13.9. The zero-order valence-corrected chi connectivity index (χ0v) is 14.7. The highest BCUT2D eigenvalue weighted by molar-refractivity contribution is 5.96. The molecule has 0 saturated heterocycles. The molecule has 1 aliphatic rings. The zero-order chi connectivity index (χ0) is 18.7. The van der Waals surface area contributed by atoms with Gasteiger partial charge in [0.1, 0.15) is 0 Å². The van der Waals surface area contributed by atoms with Crippen LogP contribution in [0.3, 0.4) is 0 Å². The van der Waals surface area contributed by atoms with Gasteiger partial charge < -0.3 is 15.0 Å². The number of carbonyl (C=O) groups is 2. The van der Waals surface area contributed by atoms with E-state index < -0.39 is 12.0 Å². The van der Waals surface area contributed by atoms with Crippen molar-refractivity contribution in [1.29, 1.82) is 5.26 Å². The van der Waals surface area contributed by atoms with Crippen LogP contribution in [0.5, 0.6) is 0 Å². The second-order valence-corrected chi connectivity index (χ2v) is 6.13. The van der Waals surface area contributed by atoms with Crippen molar-refractivity contribution < 1.29 is 14.3 Å². The average molecular weight is 349 g/mol. The van der Waals surface area contributed by atoms with Crippen LogP contribution in [-0.4, -0.2) is 26.0 Å². The molecular weight excluding hydrogens is 330 g/mol. The Morgan fingerprint density at radius 2 is 2.08 bits per heavy atom. The van der Waals surface area contributed by atoms with Crippen LogP contribution in [0.15, 0.2) is 42.5 Å². The van der Waals surface area contributed by atoms with Gasteiger partial charge in [-0.15, -0.1) is 0 Å². The molecule has 2 aromatic carbocycles. The Hall–Kier alpha value is -3.33. The molecule has 3 rings (SSSR count). The predicted molar refractivity (Wildman–Crippen MR) is 97.7 cm³/mol. The zero-order valence-electron chi connectivity index (χ0n) is 14.7. The van der Waals surface area contributed by atoms with Crippen LogP contribution in [0, 0.1) is 11.3 Å². The Kier molecular flexibility index (Phi) is 4.90. The minimum Gasteiger partial charge on any atom is -0.467 e. The van der Waals surface area contributed by atoms with E-state index in [1.54, 1.807) is 36.2 Å². The normalized spacial score (nSPS) is 14.2. The number of nitrogens with one attached hydrogen (secondary N) is 1. The fraction of sp³-hybridized carbons (Fsp3) is 0.250. The van der Waals surface area contributed by atoms with E-state index >= 15 is 0 Å². The summed E-state index contributed by atoms with van der Waals surface area (Å²) in [5.41, 5.74) is 3.81. The molecule has 0 aromatic heterocycles. The number of esters is 1.